The van der Waals surface area contributed by atoms with E-state index in [4.69, 9.17) is 21.1 Å². The van der Waals surface area contributed by atoms with Gasteiger partial charge in [-0.05, 0) is 30.3 Å². The second kappa shape index (κ2) is 7.98. The maximum atomic E-state index is 11.9. The van der Waals surface area contributed by atoms with E-state index in [9.17, 15) is 14.9 Å². The van der Waals surface area contributed by atoms with Crippen molar-refractivity contribution in [2.24, 2.45) is 0 Å². The van der Waals surface area contributed by atoms with Crippen molar-refractivity contribution in [3.63, 3.8) is 0 Å². The third kappa shape index (κ3) is 4.59. The van der Waals surface area contributed by atoms with Gasteiger partial charge in [-0.25, -0.2) is 0 Å². The number of rotatable bonds is 6. The van der Waals surface area contributed by atoms with Gasteiger partial charge >= 0.3 is 5.69 Å². The quantitative estimate of drug-likeness (QED) is 0.568. The lowest BCUT2D eigenvalue weighted by Gasteiger charge is -2.10. The van der Waals surface area contributed by atoms with Gasteiger partial charge in [0.05, 0.1) is 28.8 Å². The minimum atomic E-state index is -0.610. The molecule has 9 heteroatoms. The van der Waals surface area contributed by atoms with Gasteiger partial charge < -0.3 is 14.8 Å². The van der Waals surface area contributed by atoms with Crippen LogP contribution in [-0.2, 0) is 4.79 Å². The number of ether oxygens (including phenoxy) is 2. The summed E-state index contributed by atoms with van der Waals surface area (Å²) in [7, 11) is 1.40. The van der Waals surface area contributed by atoms with E-state index in [1.165, 1.54) is 25.3 Å². The highest BCUT2D eigenvalue weighted by Crippen LogP contribution is 2.31. The van der Waals surface area contributed by atoms with Crippen molar-refractivity contribution >= 4 is 44.8 Å². The van der Waals surface area contributed by atoms with Gasteiger partial charge in [-0.15, -0.1) is 0 Å². The maximum absolute atomic E-state index is 11.9. The third-order valence-electron chi connectivity index (χ3n) is 2.93. The Morgan fingerprint density at radius 2 is 2.08 bits per heavy atom. The van der Waals surface area contributed by atoms with Gasteiger partial charge in [0.2, 0.25) is 0 Å². The number of methoxy groups -OCH3 is 1. The molecule has 126 valence electrons. The SMILES string of the molecule is COc1ccc(OCC(=O)Nc2ccc(Br)cc2Cl)c([N+](=O)[O-])c1. The van der Waals surface area contributed by atoms with Gasteiger partial charge in [0, 0.05) is 4.47 Å². The van der Waals surface area contributed by atoms with Crippen LogP contribution in [-0.4, -0.2) is 24.5 Å². The zero-order chi connectivity index (χ0) is 17.7. The highest BCUT2D eigenvalue weighted by Gasteiger charge is 2.18. The lowest BCUT2D eigenvalue weighted by atomic mass is 10.3. The highest BCUT2D eigenvalue weighted by atomic mass is 79.9. The number of nitro benzene ring substituents is 1. The second-order valence-corrected chi connectivity index (χ2v) is 5.87. The van der Waals surface area contributed by atoms with E-state index in [-0.39, 0.29) is 11.4 Å². The summed E-state index contributed by atoms with van der Waals surface area (Å²) in [5.74, 6) is -0.206. The molecule has 0 heterocycles. The minimum Gasteiger partial charge on any atom is -0.496 e. The fraction of sp³-hybridized carbons (Fsp3) is 0.133. The first-order valence-electron chi connectivity index (χ1n) is 6.61. The zero-order valence-electron chi connectivity index (χ0n) is 12.4. The van der Waals surface area contributed by atoms with E-state index in [1.807, 2.05) is 0 Å². The van der Waals surface area contributed by atoms with Crippen LogP contribution >= 0.6 is 27.5 Å². The smallest absolute Gasteiger partial charge is 0.314 e. The summed E-state index contributed by atoms with van der Waals surface area (Å²) in [4.78, 5) is 22.4. The Labute approximate surface area is 150 Å². The molecule has 2 rings (SSSR count). The van der Waals surface area contributed by atoms with Gasteiger partial charge in [0.25, 0.3) is 5.91 Å². The van der Waals surface area contributed by atoms with E-state index in [0.29, 0.717) is 16.5 Å². The third-order valence-corrected chi connectivity index (χ3v) is 3.73. The van der Waals surface area contributed by atoms with Crippen molar-refractivity contribution in [2.75, 3.05) is 19.0 Å². The number of halogens is 2. The number of hydrogen-bond donors (Lipinski definition) is 1. The molecule has 1 N–H and O–H groups in total. The Balaban J connectivity index is 2.05. The highest BCUT2D eigenvalue weighted by molar-refractivity contribution is 9.10. The number of carbonyl (C=O) groups is 1. The van der Waals surface area contributed by atoms with Crippen molar-refractivity contribution in [3.8, 4) is 11.5 Å². The number of anilines is 1. The summed E-state index contributed by atoms with van der Waals surface area (Å²) in [5.41, 5.74) is 0.126. The predicted molar refractivity (Wildman–Crippen MR) is 92.9 cm³/mol. The van der Waals surface area contributed by atoms with Crippen LogP contribution in [0.3, 0.4) is 0 Å². The number of benzene rings is 2. The predicted octanol–water partition coefficient (Wildman–Crippen LogP) is 4.04. The molecule has 1 amide bonds. The first kappa shape index (κ1) is 18.0. The fourth-order valence-electron chi connectivity index (χ4n) is 1.81. The molecule has 7 nitrogen and oxygen atoms in total. The maximum Gasteiger partial charge on any atom is 0.314 e. The minimum absolute atomic E-state index is 0.0298. The molecule has 0 fully saturated rings. The van der Waals surface area contributed by atoms with Crippen molar-refractivity contribution in [1.82, 2.24) is 0 Å². The molecular formula is C15H12BrClN2O5. The average Bonchev–Trinajstić information content (AvgIpc) is 2.55. The lowest BCUT2D eigenvalue weighted by Crippen LogP contribution is -2.20. The molecule has 24 heavy (non-hydrogen) atoms. The van der Waals surface area contributed by atoms with Gasteiger partial charge in [-0.2, -0.15) is 0 Å². The molecule has 2 aromatic rings. The molecule has 0 aromatic heterocycles. The molecule has 0 aliphatic heterocycles. The average molecular weight is 416 g/mol. The zero-order valence-corrected chi connectivity index (χ0v) is 14.8. The lowest BCUT2D eigenvalue weighted by molar-refractivity contribution is -0.385. The van der Waals surface area contributed by atoms with Crippen molar-refractivity contribution in [3.05, 3.63) is 56.0 Å². The Morgan fingerprint density at radius 3 is 2.71 bits per heavy atom. The molecule has 0 aliphatic carbocycles. The van der Waals surface area contributed by atoms with Crippen LogP contribution < -0.4 is 14.8 Å². The van der Waals surface area contributed by atoms with E-state index in [2.05, 4.69) is 21.2 Å². The van der Waals surface area contributed by atoms with Crippen LogP contribution in [0, 0.1) is 10.1 Å². The standard InChI is InChI=1S/C15H12BrClN2O5/c1-23-10-3-5-14(13(7-10)19(21)22)24-8-15(20)18-12-4-2-9(16)6-11(12)17/h2-7H,8H2,1H3,(H,18,20). The van der Waals surface area contributed by atoms with Crippen LogP contribution in [0.15, 0.2) is 40.9 Å². The van der Waals surface area contributed by atoms with Crippen LogP contribution in [0.25, 0.3) is 0 Å². The van der Waals surface area contributed by atoms with Gasteiger partial charge in [-0.1, -0.05) is 27.5 Å². The molecule has 0 atom stereocenters. The Kier molecular flexibility index (Phi) is 5.99. The molecule has 0 saturated carbocycles. The van der Waals surface area contributed by atoms with Crippen molar-refractivity contribution in [2.45, 2.75) is 0 Å². The first-order chi connectivity index (χ1) is 11.4. The van der Waals surface area contributed by atoms with Gasteiger partial charge in [0.15, 0.2) is 12.4 Å². The summed E-state index contributed by atoms with van der Waals surface area (Å²) in [6.45, 7) is -0.403. The van der Waals surface area contributed by atoms with E-state index < -0.39 is 17.4 Å². The van der Waals surface area contributed by atoms with Gasteiger partial charge in [0.1, 0.15) is 5.75 Å². The molecule has 0 unspecified atom stereocenters. The Bertz CT molecular complexity index is 784. The van der Waals surface area contributed by atoms with Crippen LogP contribution in [0.1, 0.15) is 0 Å². The molecule has 0 aliphatic rings. The topological polar surface area (TPSA) is 90.7 Å². The monoisotopic (exact) mass is 414 g/mol. The van der Waals surface area contributed by atoms with Crippen LogP contribution in [0.2, 0.25) is 5.02 Å². The van der Waals surface area contributed by atoms with Gasteiger partial charge in [-0.3, -0.25) is 14.9 Å². The van der Waals surface area contributed by atoms with E-state index in [1.54, 1.807) is 18.2 Å². The molecule has 0 radical (unpaired) electrons. The molecule has 0 saturated heterocycles. The Morgan fingerprint density at radius 1 is 1.33 bits per heavy atom. The summed E-state index contributed by atoms with van der Waals surface area (Å²) in [6, 6.07) is 9.07. The molecule has 0 spiro atoms. The van der Waals surface area contributed by atoms with Crippen LogP contribution in [0.4, 0.5) is 11.4 Å². The Hall–Kier alpha value is -2.32. The number of nitrogens with one attached hydrogen (secondary N) is 1. The normalized spacial score (nSPS) is 10.1. The second-order valence-electron chi connectivity index (χ2n) is 4.55. The summed E-state index contributed by atoms with van der Waals surface area (Å²) >= 11 is 9.26. The molecule has 0 bridgehead atoms. The first-order valence-corrected chi connectivity index (χ1v) is 7.78. The van der Waals surface area contributed by atoms with E-state index >= 15 is 0 Å². The van der Waals surface area contributed by atoms with Crippen molar-refractivity contribution < 1.29 is 19.2 Å². The number of nitro groups is 1. The molecule has 2 aromatic carbocycles. The van der Waals surface area contributed by atoms with E-state index in [0.717, 1.165) is 4.47 Å². The fourth-order valence-corrected chi connectivity index (χ4v) is 2.53. The van der Waals surface area contributed by atoms with Crippen LogP contribution in [0.5, 0.6) is 11.5 Å². The summed E-state index contributed by atoms with van der Waals surface area (Å²) < 4.78 is 10.9. The number of carbonyl (C=O) groups excluding carboxylic acids is 1. The number of hydrogen-bond acceptors (Lipinski definition) is 5. The van der Waals surface area contributed by atoms with Crippen molar-refractivity contribution in [1.29, 1.82) is 0 Å². The number of amides is 1. The summed E-state index contributed by atoms with van der Waals surface area (Å²) in [5, 5.41) is 14.0. The molecular weight excluding hydrogens is 404 g/mol. The number of nitrogens with zero attached hydrogens (tertiary/aromatic N) is 1. The summed E-state index contributed by atoms with van der Waals surface area (Å²) in [6.07, 6.45) is 0. The largest absolute Gasteiger partial charge is 0.496 e.